The van der Waals surface area contributed by atoms with Gasteiger partial charge in [0.2, 0.25) is 0 Å². The van der Waals surface area contributed by atoms with E-state index in [1.807, 2.05) is 30.6 Å². The van der Waals surface area contributed by atoms with Crippen LogP contribution < -0.4 is 0 Å². The number of fused-ring (bicyclic) bond motifs is 1. The van der Waals surface area contributed by atoms with Gasteiger partial charge in [0.15, 0.2) is 0 Å². The van der Waals surface area contributed by atoms with Crippen molar-refractivity contribution in [3.8, 4) is 11.3 Å². The Kier molecular flexibility index (Phi) is 8.16. The molecule has 0 aliphatic heterocycles. The van der Waals surface area contributed by atoms with Gasteiger partial charge in [-0.15, -0.1) is 24.8 Å². The number of aryl methyl sites for hydroxylation is 1. The molecule has 0 atom stereocenters. The van der Waals surface area contributed by atoms with Crippen molar-refractivity contribution < 1.29 is 0 Å². The molecule has 0 N–H and O–H groups in total. The lowest BCUT2D eigenvalue weighted by atomic mass is 10.1. The second-order valence-corrected chi connectivity index (χ2v) is 6.55. The second kappa shape index (κ2) is 9.37. The minimum Gasteiger partial charge on any atom is -0.309 e. The summed E-state index contributed by atoms with van der Waals surface area (Å²) in [6.45, 7) is 1.96. The SMILES string of the molecule is CN(C)CCCn1nc(-c2cccc(Br)c2)c2cnccc21.Cl.Cl. The first kappa shape index (κ1) is 20.9. The third kappa shape index (κ3) is 4.70. The molecule has 4 nitrogen and oxygen atoms in total. The van der Waals surface area contributed by atoms with Crippen LogP contribution in [0.4, 0.5) is 0 Å². The van der Waals surface area contributed by atoms with Crippen molar-refractivity contribution in [2.45, 2.75) is 13.0 Å². The van der Waals surface area contributed by atoms with Gasteiger partial charge in [0.25, 0.3) is 0 Å². The first-order valence-corrected chi connectivity index (χ1v) is 8.15. The Morgan fingerprint density at radius 1 is 1.17 bits per heavy atom. The lowest BCUT2D eigenvalue weighted by Gasteiger charge is -2.09. The van der Waals surface area contributed by atoms with E-state index in [4.69, 9.17) is 5.10 Å². The number of hydrogen-bond donors (Lipinski definition) is 0. The number of pyridine rings is 1. The van der Waals surface area contributed by atoms with Crippen LogP contribution in [0, 0.1) is 0 Å². The third-order valence-corrected chi connectivity index (χ3v) is 4.12. The topological polar surface area (TPSA) is 34.0 Å². The molecule has 3 rings (SSSR count). The van der Waals surface area contributed by atoms with E-state index < -0.39 is 0 Å². The average molecular weight is 432 g/mol. The molecule has 0 spiro atoms. The Morgan fingerprint density at radius 3 is 2.67 bits per heavy atom. The highest BCUT2D eigenvalue weighted by atomic mass is 79.9. The van der Waals surface area contributed by atoms with E-state index in [1.54, 1.807) is 0 Å². The molecule has 1 aromatic carbocycles. The Morgan fingerprint density at radius 2 is 1.96 bits per heavy atom. The van der Waals surface area contributed by atoms with E-state index in [0.29, 0.717) is 0 Å². The van der Waals surface area contributed by atoms with Crippen molar-refractivity contribution >= 4 is 51.6 Å². The standard InChI is InChI=1S/C17H19BrN4.2ClH/c1-21(2)9-4-10-22-16-7-8-19-12-15(16)17(20-22)13-5-3-6-14(18)11-13;;/h3,5-8,11-12H,4,9-10H2,1-2H3;2*1H. The molecular formula is C17H21BrCl2N4. The summed E-state index contributed by atoms with van der Waals surface area (Å²) in [6.07, 6.45) is 4.81. The van der Waals surface area contributed by atoms with Gasteiger partial charge in [-0.05, 0) is 45.3 Å². The zero-order chi connectivity index (χ0) is 15.5. The summed E-state index contributed by atoms with van der Waals surface area (Å²) in [4.78, 5) is 6.47. The summed E-state index contributed by atoms with van der Waals surface area (Å²) in [6, 6.07) is 10.3. The molecule has 130 valence electrons. The first-order valence-electron chi connectivity index (χ1n) is 7.36. The molecular weight excluding hydrogens is 411 g/mol. The van der Waals surface area contributed by atoms with Crippen molar-refractivity contribution in [3.63, 3.8) is 0 Å². The summed E-state index contributed by atoms with van der Waals surface area (Å²) in [7, 11) is 4.19. The molecule has 0 unspecified atom stereocenters. The van der Waals surface area contributed by atoms with E-state index in [1.165, 1.54) is 0 Å². The normalized spacial score (nSPS) is 10.5. The highest BCUT2D eigenvalue weighted by Crippen LogP contribution is 2.29. The minimum atomic E-state index is 0. The van der Waals surface area contributed by atoms with E-state index >= 15 is 0 Å². The van der Waals surface area contributed by atoms with Crippen LogP contribution in [-0.2, 0) is 6.54 Å². The zero-order valence-electron chi connectivity index (χ0n) is 13.6. The molecule has 7 heteroatoms. The van der Waals surface area contributed by atoms with Gasteiger partial charge < -0.3 is 4.90 Å². The maximum Gasteiger partial charge on any atom is 0.102 e. The molecule has 0 fully saturated rings. The summed E-state index contributed by atoms with van der Waals surface area (Å²) < 4.78 is 3.15. The summed E-state index contributed by atoms with van der Waals surface area (Å²) in [5, 5.41) is 5.94. The summed E-state index contributed by atoms with van der Waals surface area (Å²) >= 11 is 3.53. The quantitative estimate of drug-likeness (QED) is 0.589. The van der Waals surface area contributed by atoms with Gasteiger partial charge in [0.1, 0.15) is 5.69 Å². The average Bonchev–Trinajstić information content (AvgIpc) is 2.86. The molecule has 3 aromatic rings. The van der Waals surface area contributed by atoms with Gasteiger partial charge in [-0.25, -0.2) is 0 Å². The smallest absolute Gasteiger partial charge is 0.102 e. The van der Waals surface area contributed by atoms with E-state index in [-0.39, 0.29) is 24.8 Å². The van der Waals surface area contributed by atoms with Crippen LogP contribution in [0.15, 0.2) is 47.2 Å². The number of halogens is 3. The zero-order valence-corrected chi connectivity index (χ0v) is 16.9. The predicted octanol–water partition coefficient (Wildman–Crippen LogP) is 4.66. The summed E-state index contributed by atoms with van der Waals surface area (Å²) in [5.41, 5.74) is 3.25. The fourth-order valence-electron chi connectivity index (χ4n) is 2.58. The van der Waals surface area contributed by atoms with Crippen molar-refractivity contribution in [2.75, 3.05) is 20.6 Å². The van der Waals surface area contributed by atoms with Crippen LogP contribution in [0.1, 0.15) is 6.42 Å². The first-order chi connectivity index (χ1) is 10.6. The molecule has 2 aromatic heterocycles. The monoisotopic (exact) mass is 430 g/mol. The minimum absolute atomic E-state index is 0. The third-order valence-electron chi connectivity index (χ3n) is 3.63. The number of nitrogens with zero attached hydrogens (tertiary/aromatic N) is 4. The number of hydrogen-bond acceptors (Lipinski definition) is 3. The van der Waals surface area contributed by atoms with Gasteiger partial charge in [0, 0.05) is 34.4 Å². The lowest BCUT2D eigenvalue weighted by molar-refractivity contribution is 0.383. The van der Waals surface area contributed by atoms with Crippen LogP contribution in [0.2, 0.25) is 0 Å². The number of aromatic nitrogens is 3. The molecule has 0 aliphatic carbocycles. The number of benzene rings is 1. The van der Waals surface area contributed by atoms with Crippen molar-refractivity contribution in [1.82, 2.24) is 19.7 Å². The van der Waals surface area contributed by atoms with Gasteiger partial charge >= 0.3 is 0 Å². The second-order valence-electron chi connectivity index (χ2n) is 5.63. The predicted molar refractivity (Wildman–Crippen MR) is 108 cm³/mol. The fraction of sp³-hybridized carbons (Fsp3) is 0.294. The number of rotatable bonds is 5. The summed E-state index contributed by atoms with van der Waals surface area (Å²) in [5.74, 6) is 0. The maximum atomic E-state index is 4.83. The van der Waals surface area contributed by atoms with Gasteiger partial charge in [-0.2, -0.15) is 5.10 Å². The van der Waals surface area contributed by atoms with E-state index in [9.17, 15) is 0 Å². The molecule has 24 heavy (non-hydrogen) atoms. The van der Waals surface area contributed by atoms with Crippen LogP contribution >= 0.6 is 40.7 Å². The molecule has 0 aliphatic rings. The fourth-order valence-corrected chi connectivity index (χ4v) is 2.98. The largest absolute Gasteiger partial charge is 0.309 e. The van der Waals surface area contributed by atoms with Crippen molar-refractivity contribution in [3.05, 3.63) is 47.2 Å². The molecule has 0 saturated heterocycles. The van der Waals surface area contributed by atoms with E-state index in [0.717, 1.165) is 46.1 Å². The Bertz CT molecular complexity index is 789. The Balaban J connectivity index is 0.00000144. The molecule has 0 amide bonds. The van der Waals surface area contributed by atoms with Gasteiger partial charge in [-0.1, -0.05) is 28.1 Å². The molecule has 0 bridgehead atoms. The Labute approximate surface area is 163 Å². The van der Waals surface area contributed by atoms with Crippen LogP contribution in [0.3, 0.4) is 0 Å². The lowest BCUT2D eigenvalue weighted by Crippen LogP contribution is -2.15. The molecule has 2 heterocycles. The van der Waals surface area contributed by atoms with Crippen molar-refractivity contribution in [1.29, 1.82) is 0 Å². The molecule has 0 radical (unpaired) electrons. The maximum absolute atomic E-state index is 4.83. The van der Waals surface area contributed by atoms with Crippen LogP contribution in [-0.4, -0.2) is 40.3 Å². The Hall–Kier alpha value is -1.14. The molecule has 0 saturated carbocycles. The highest BCUT2D eigenvalue weighted by Gasteiger charge is 2.12. The van der Waals surface area contributed by atoms with Crippen LogP contribution in [0.5, 0.6) is 0 Å². The van der Waals surface area contributed by atoms with Gasteiger partial charge in [-0.3, -0.25) is 9.67 Å². The van der Waals surface area contributed by atoms with Gasteiger partial charge in [0.05, 0.1) is 5.52 Å². The van der Waals surface area contributed by atoms with E-state index in [2.05, 4.69) is 56.7 Å². The van der Waals surface area contributed by atoms with Crippen molar-refractivity contribution in [2.24, 2.45) is 0 Å². The highest BCUT2D eigenvalue weighted by molar-refractivity contribution is 9.10. The van der Waals surface area contributed by atoms with Crippen LogP contribution in [0.25, 0.3) is 22.2 Å².